The van der Waals surface area contributed by atoms with Crippen molar-refractivity contribution in [2.45, 2.75) is 33.6 Å². The van der Waals surface area contributed by atoms with Gasteiger partial charge in [0, 0.05) is 5.70 Å². The van der Waals surface area contributed by atoms with Gasteiger partial charge in [-0.15, -0.1) is 0 Å². The van der Waals surface area contributed by atoms with Crippen LogP contribution in [0.25, 0.3) is 0 Å². The number of esters is 1. The molecule has 0 radical (unpaired) electrons. The van der Waals surface area contributed by atoms with Crippen LogP contribution in [0.3, 0.4) is 0 Å². The second kappa shape index (κ2) is 6.70. The average molecular weight is 344 g/mol. The molecule has 0 aliphatic carbocycles. The number of aromatic nitrogens is 1. The summed E-state index contributed by atoms with van der Waals surface area (Å²) in [5.74, 6) is -0.575. The highest BCUT2D eigenvalue weighted by Gasteiger charge is 2.38. The Hall–Kier alpha value is -2.63. The molecule has 1 unspecified atom stereocenters. The van der Waals surface area contributed by atoms with Crippen molar-refractivity contribution in [1.29, 1.82) is 0 Å². The number of carbonyl (C=O) groups excluding carboxylic acids is 1. The lowest BCUT2D eigenvalue weighted by atomic mass is 9.80. The zero-order valence-corrected chi connectivity index (χ0v) is 14.7. The summed E-state index contributed by atoms with van der Waals surface area (Å²) in [6, 6.07) is 6.13. The molecule has 5 nitrogen and oxygen atoms in total. The van der Waals surface area contributed by atoms with Gasteiger partial charge in [-0.2, -0.15) is 0 Å². The molecule has 2 heterocycles. The molecule has 1 aromatic heterocycles. The van der Waals surface area contributed by atoms with E-state index in [2.05, 4.69) is 10.5 Å². The number of nitrogens with one attached hydrogen (secondary N) is 1. The Morgan fingerprint density at radius 1 is 1.36 bits per heavy atom. The molecule has 0 saturated carbocycles. The number of hydrogen-bond donors (Lipinski definition) is 1. The van der Waals surface area contributed by atoms with Crippen LogP contribution in [0, 0.1) is 18.7 Å². The Labute approximate surface area is 145 Å². The molecule has 0 spiro atoms. The molecule has 0 saturated heterocycles. The van der Waals surface area contributed by atoms with Crippen LogP contribution in [0.4, 0.5) is 10.3 Å². The van der Waals surface area contributed by atoms with E-state index in [1.54, 1.807) is 19.1 Å². The largest absolute Gasteiger partial charge is 0.463 e. The zero-order valence-electron chi connectivity index (χ0n) is 14.7. The summed E-state index contributed by atoms with van der Waals surface area (Å²) in [4.78, 5) is 12.8. The lowest BCUT2D eigenvalue weighted by Crippen LogP contribution is -2.27. The highest BCUT2D eigenvalue weighted by molar-refractivity contribution is 5.94. The van der Waals surface area contributed by atoms with E-state index in [4.69, 9.17) is 9.26 Å². The van der Waals surface area contributed by atoms with E-state index < -0.39 is 5.92 Å². The van der Waals surface area contributed by atoms with Crippen LogP contribution in [0.2, 0.25) is 0 Å². The van der Waals surface area contributed by atoms with E-state index >= 15 is 0 Å². The van der Waals surface area contributed by atoms with Crippen molar-refractivity contribution < 1.29 is 18.4 Å². The van der Waals surface area contributed by atoms with E-state index in [0.29, 0.717) is 17.2 Å². The number of fused-ring (bicyclic) bond motifs is 1. The van der Waals surface area contributed by atoms with Gasteiger partial charge in [-0.05, 0) is 37.5 Å². The van der Waals surface area contributed by atoms with E-state index in [-0.39, 0.29) is 24.3 Å². The molecule has 1 aliphatic rings. The molecule has 1 atom stereocenters. The number of nitrogens with zero attached hydrogens (tertiary/aromatic N) is 1. The van der Waals surface area contributed by atoms with Crippen LogP contribution < -0.4 is 5.32 Å². The van der Waals surface area contributed by atoms with Gasteiger partial charge in [0.15, 0.2) is 0 Å². The van der Waals surface area contributed by atoms with Crippen LogP contribution in [-0.4, -0.2) is 17.7 Å². The predicted molar refractivity (Wildman–Crippen MR) is 91.6 cm³/mol. The lowest BCUT2D eigenvalue weighted by Gasteiger charge is -2.29. The molecule has 2 aromatic rings. The quantitative estimate of drug-likeness (QED) is 0.844. The number of allylic oxidation sites excluding steroid dienone is 1. The van der Waals surface area contributed by atoms with Crippen molar-refractivity contribution in [3.8, 4) is 0 Å². The number of carbonyl (C=O) groups is 1. The fourth-order valence-electron chi connectivity index (χ4n) is 3.18. The minimum Gasteiger partial charge on any atom is -0.463 e. The van der Waals surface area contributed by atoms with E-state index in [1.165, 1.54) is 12.1 Å². The minimum absolute atomic E-state index is 0.0425. The van der Waals surface area contributed by atoms with Crippen molar-refractivity contribution in [2.75, 3.05) is 11.9 Å². The van der Waals surface area contributed by atoms with Gasteiger partial charge in [0.1, 0.15) is 5.82 Å². The topological polar surface area (TPSA) is 64.4 Å². The first-order valence-corrected chi connectivity index (χ1v) is 8.33. The van der Waals surface area contributed by atoms with Crippen molar-refractivity contribution >= 4 is 11.9 Å². The molecule has 3 rings (SSSR count). The maximum Gasteiger partial charge on any atom is 0.336 e. The molecule has 1 aromatic carbocycles. The van der Waals surface area contributed by atoms with Crippen LogP contribution >= 0.6 is 0 Å². The number of anilines is 1. The van der Waals surface area contributed by atoms with Gasteiger partial charge in [0.2, 0.25) is 5.88 Å². The molecule has 0 bridgehead atoms. The van der Waals surface area contributed by atoms with Gasteiger partial charge in [0.25, 0.3) is 0 Å². The second-order valence-electron chi connectivity index (χ2n) is 6.32. The predicted octanol–water partition coefficient (Wildman–Crippen LogP) is 4.15. The molecular weight excluding hydrogens is 323 g/mol. The summed E-state index contributed by atoms with van der Waals surface area (Å²) in [5, 5.41) is 7.23. The summed E-state index contributed by atoms with van der Waals surface area (Å²) in [5.41, 5.74) is 3.50. The second-order valence-corrected chi connectivity index (χ2v) is 6.32. The first-order chi connectivity index (χ1) is 11.9. The molecule has 0 fully saturated rings. The Kier molecular flexibility index (Phi) is 4.61. The van der Waals surface area contributed by atoms with Crippen molar-refractivity contribution in [3.05, 3.63) is 58.2 Å². The Balaban J connectivity index is 2.24. The van der Waals surface area contributed by atoms with Gasteiger partial charge in [-0.1, -0.05) is 31.1 Å². The summed E-state index contributed by atoms with van der Waals surface area (Å²) in [7, 11) is 0. The Morgan fingerprint density at radius 2 is 2.04 bits per heavy atom. The summed E-state index contributed by atoms with van der Waals surface area (Å²) < 4.78 is 24.1. The fraction of sp³-hybridized carbons (Fsp3) is 0.368. The molecule has 25 heavy (non-hydrogen) atoms. The minimum atomic E-state index is -0.417. The third-order valence-corrected chi connectivity index (χ3v) is 4.30. The van der Waals surface area contributed by atoms with Crippen LogP contribution in [-0.2, 0) is 9.53 Å². The van der Waals surface area contributed by atoms with Crippen LogP contribution in [0.15, 0.2) is 40.1 Å². The van der Waals surface area contributed by atoms with Crippen LogP contribution in [0.1, 0.15) is 43.5 Å². The summed E-state index contributed by atoms with van der Waals surface area (Å²) in [6.07, 6.45) is 0. The van der Waals surface area contributed by atoms with Gasteiger partial charge in [-0.3, -0.25) is 0 Å². The molecular formula is C19H21FN2O3. The number of aryl methyl sites for hydroxylation is 1. The Bertz CT molecular complexity index is 822. The van der Waals surface area contributed by atoms with Crippen LogP contribution in [0.5, 0.6) is 0 Å². The lowest BCUT2D eigenvalue weighted by molar-refractivity contribution is -0.138. The van der Waals surface area contributed by atoms with Gasteiger partial charge < -0.3 is 14.6 Å². The number of hydrogen-bond acceptors (Lipinski definition) is 5. The normalized spacial score (nSPS) is 16.6. The third-order valence-electron chi connectivity index (χ3n) is 4.30. The first kappa shape index (κ1) is 17.2. The van der Waals surface area contributed by atoms with E-state index in [1.807, 2.05) is 20.8 Å². The summed E-state index contributed by atoms with van der Waals surface area (Å²) >= 11 is 0. The van der Waals surface area contributed by atoms with Crippen molar-refractivity contribution in [2.24, 2.45) is 5.92 Å². The zero-order chi connectivity index (χ0) is 18.1. The smallest absolute Gasteiger partial charge is 0.336 e. The SMILES string of the molecule is CCOC(=O)C1=C(C(C)C)Nc2onc(C)c2C1c1ccc(F)cc1. The maximum absolute atomic E-state index is 13.4. The molecule has 132 valence electrons. The first-order valence-electron chi connectivity index (χ1n) is 8.33. The molecule has 1 N–H and O–H groups in total. The maximum atomic E-state index is 13.4. The highest BCUT2D eigenvalue weighted by Crippen LogP contribution is 2.45. The van der Waals surface area contributed by atoms with Crippen molar-refractivity contribution in [1.82, 2.24) is 5.16 Å². The standard InChI is InChI=1S/C19H21FN2O3/c1-5-24-19(23)16-15(12-6-8-13(20)9-7-12)14-11(4)22-25-18(14)21-17(16)10(2)3/h6-10,15,21H,5H2,1-4H3. The monoisotopic (exact) mass is 344 g/mol. The van der Waals surface area contributed by atoms with Crippen molar-refractivity contribution in [3.63, 3.8) is 0 Å². The van der Waals surface area contributed by atoms with E-state index in [9.17, 15) is 9.18 Å². The number of benzene rings is 1. The van der Waals surface area contributed by atoms with Gasteiger partial charge >= 0.3 is 5.97 Å². The molecule has 0 amide bonds. The number of halogens is 1. The van der Waals surface area contributed by atoms with Gasteiger partial charge in [-0.25, -0.2) is 9.18 Å². The number of ether oxygens (including phenoxy) is 1. The molecule has 1 aliphatic heterocycles. The molecule has 6 heteroatoms. The summed E-state index contributed by atoms with van der Waals surface area (Å²) in [6.45, 7) is 7.84. The van der Waals surface area contributed by atoms with E-state index in [0.717, 1.165) is 16.8 Å². The van der Waals surface area contributed by atoms with Gasteiger partial charge in [0.05, 0.1) is 29.4 Å². The highest BCUT2D eigenvalue weighted by atomic mass is 19.1. The fourth-order valence-corrected chi connectivity index (χ4v) is 3.18. The average Bonchev–Trinajstić information content (AvgIpc) is 2.95. The third kappa shape index (κ3) is 3.04. The number of rotatable bonds is 4. The Morgan fingerprint density at radius 3 is 2.64 bits per heavy atom.